The standard InChI is InChI=1S/C15H22N4O3/c1-3-16-19(6-4-5-7-20)11-8-10(2)13-12(9-11)14(21)17-18-15(13)22/h8-9,16,20H,3-7H2,1-2H3,(H,17,21)(H,18,22). The highest BCUT2D eigenvalue weighted by molar-refractivity contribution is 5.87. The van der Waals surface area contributed by atoms with Crippen molar-refractivity contribution in [1.82, 2.24) is 15.6 Å². The van der Waals surface area contributed by atoms with Crippen LogP contribution in [0.2, 0.25) is 0 Å². The normalized spacial score (nSPS) is 11.0. The molecule has 120 valence electrons. The number of H-pyrrole nitrogens is 2. The molecule has 0 bridgehead atoms. The van der Waals surface area contributed by atoms with Gasteiger partial charge in [-0.3, -0.25) is 19.8 Å². The summed E-state index contributed by atoms with van der Waals surface area (Å²) in [5.41, 5.74) is 4.22. The van der Waals surface area contributed by atoms with E-state index in [1.807, 2.05) is 24.9 Å². The number of nitrogens with one attached hydrogen (secondary N) is 3. The molecule has 0 aliphatic carbocycles. The number of hydrogen-bond acceptors (Lipinski definition) is 5. The first-order chi connectivity index (χ1) is 10.6. The lowest BCUT2D eigenvalue weighted by Gasteiger charge is -2.25. The van der Waals surface area contributed by atoms with Gasteiger partial charge in [0.15, 0.2) is 0 Å². The fourth-order valence-corrected chi connectivity index (χ4v) is 2.52. The summed E-state index contributed by atoms with van der Waals surface area (Å²) in [6.45, 7) is 5.41. The highest BCUT2D eigenvalue weighted by atomic mass is 16.3. The smallest absolute Gasteiger partial charge is 0.270 e. The second-order valence-corrected chi connectivity index (χ2v) is 5.19. The number of aliphatic hydroxyl groups is 1. The van der Waals surface area contributed by atoms with Crippen molar-refractivity contribution in [2.24, 2.45) is 0 Å². The topological polar surface area (TPSA) is 101 Å². The zero-order chi connectivity index (χ0) is 16.1. The van der Waals surface area contributed by atoms with Crippen LogP contribution in [0.4, 0.5) is 5.69 Å². The van der Waals surface area contributed by atoms with E-state index in [1.165, 1.54) is 0 Å². The first kappa shape index (κ1) is 16.3. The predicted octanol–water partition coefficient (Wildman–Crippen LogP) is 0.628. The maximum Gasteiger partial charge on any atom is 0.270 e. The van der Waals surface area contributed by atoms with Gasteiger partial charge in [0.05, 0.1) is 16.5 Å². The van der Waals surface area contributed by atoms with Crippen molar-refractivity contribution < 1.29 is 5.11 Å². The Bertz CT molecular complexity index is 751. The average molecular weight is 306 g/mol. The van der Waals surface area contributed by atoms with Crippen LogP contribution in [0.5, 0.6) is 0 Å². The molecule has 7 nitrogen and oxygen atoms in total. The van der Waals surface area contributed by atoms with Gasteiger partial charge in [0, 0.05) is 19.7 Å². The molecule has 0 saturated carbocycles. The van der Waals surface area contributed by atoms with Crippen LogP contribution >= 0.6 is 0 Å². The van der Waals surface area contributed by atoms with Gasteiger partial charge in [0.2, 0.25) is 0 Å². The molecule has 1 aromatic heterocycles. The summed E-state index contributed by atoms with van der Waals surface area (Å²) in [6.07, 6.45) is 1.54. The number of fused-ring (bicyclic) bond motifs is 1. The molecule has 0 aliphatic heterocycles. The van der Waals surface area contributed by atoms with Crippen molar-refractivity contribution in [3.63, 3.8) is 0 Å². The van der Waals surface area contributed by atoms with Gasteiger partial charge in [0.25, 0.3) is 11.1 Å². The van der Waals surface area contributed by atoms with E-state index >= 15 is 0 Å². The SMILES string of the molecule is CCNN(CCCCO)c1cc(C)c2c(=O)[nH][nH]c(=O)c2c1. The summed E-state index contributed by atoms with van der Waals surface area (Å²) in [5.74, 6) is 0. The molecule has 0 fully saturated rings. The van der Waals surface area contributed by atoms with E-state index in [1.54, 1.807) is 6.07 Å². The van der Waals surface area contributed by atoms with Crippen LogP contribution in [0.1, 0.15) is 25.3 Å². The minimum atomic E-state index is -0.314. The number of aryl methyl sites for hydroxylation is 1. The van der Waals surface area contributed by atoms with E-state index in [0.29, 0.717) is 23.7 Å². The quantitative estimate of drug-likeness (QED) is 0.444. The third-order valence-electron chi connectivity index (χ3n) is 3.53. The van der Waals surface area contributed by atoms with Gasteiger partial charge in [0.1, 0.15) is 0 Å². The second kappa shape index (κ2) is 7.24. The van der Waals surface area contributed by atoms with Gasteiger partial charge < -0.3 is 10.1 Å². The molecular weight excluding hydrogens is 284 g/mol. The third kappa shape index (κ3) is 3.37. The number of nitrogens with zero attached hydrogens (tertiary/aromatic N) is 1. The molecule has 0 radical (unpaired) electrons. The largest absolute Gasteiger partial charge is 0.396 e. The summed E-state index contributed by atoms with van der Waals surface area (Å²) in [6, 6.07) is 3.61. The lowest BCUT2D eigenvalue weighted by molar-refractivity contribution is 0.284. The number of aromatic nitrogens is 2. The van der Waals surface area contributed by atoms with E-state index in [2.05, 4.69) is 15.6 Å². The van der Waals surface area contributed by atoms with Crippen LogP contribution in [0.25, 0.3) is 10.8 Å². The van der Waals surface area contributed by atoms with E-state index in [0.717, 1.165) is 24.2 Å². The van der Waals surface area contributed by atoms with Crippen molar-refractivity contribution in [3.8, 4) is 0 Å². The number of hydrazine groups is 1. The van der Waals surface area contributed by atoms with Crippen LogP contribution in [0.15, 0.2) is 21.7 Å². The lowest BCUT2D eigenvalue weighted by Crippen LogP contribution is -2.39. The Morgan fingerprint density at radius 1 is 1.18 bits per heavy atom. The number of rotatable bonds is 7. The molecule has 1 heterocycles. The van der Waals surface area contributed by atoms with Crippen LogP contribution in [0, 0.1) is 6.92 Å². The third-order valence-corrected chi connectivity index (χ3v) is 3.53. The van der Waals surface area contributed by atoms with Crippen LogP contribution in [-0.4, -0.2) is 35.0 Å². The summed E-state index contributed by atoms with van der Waals surface area (Å²) < 4.78 is 0. The van der Waals surface area contributed by atoms with Crippen LogP contribution in [-0.2, 0) is 0 Å². The Morgan fingerprint density at radius 2 is 1.91 bits per heavy atom. The number of anilines is 1. The Balaban J connectivity index is 2.47. The van der Waals surface area contributed by atoms with E-state index in [-0.39, 0.29) is 17.7 Å². The molecule has 7 heteroatoms. The number of aliphatic hydroxyl groups excluding tert-OH is 1. The van der Waals surface area contributed by atoms with Crippen molar-refractivity contribution >= 4 is 16.5 Å². The molecule has 2 aromatic rings. The molecule has 0 saturated heterocycles. The fraction of sp³-hybridized carbons (Fsp3) is 0.467. The molecule has 0 atom stereocenters. The number of benzene rings is 1. The van der Waals surface area contributed by atoms with E-state index in [9.17, 15) is 9.59 Å². The molecule has 0 amide bonds. The lowest BCUT2D eigenvalue weighted by atomic mass is 10.1. The molecule has 0 aliphatic rings. The monoisotopic (exact) mass is 306 g/mol. The molecule has 1 aromatic carbocycles. The van der Waals surface area contributed by atoms with Crippen molar-refractivity contribution in [1.29, 1.82) is 0 Å². The number of hydrogen-bond donors (Lipinski definition) is 4. The van der Waals surface area contributed by atoms with Gasteiger partial charge in [-0.2, -0.15) is 0 Å². The second-order valence-electron chi connectivity index (χ2n) is 5.19. The highest BCUT2D eigenvalue weighted by Crippen LogP contribution is 2.21. The first-order valence-electron chi connectivity index (χ1n) is 7.45. The zero-order valence-electron chi connectivity index (χ0n) is 12.9. The molecule has 2 rings (SSSR count). The molecule has 22 heavy (non-hydrogen) atoms. The Labute approximate surface area is 127 Å². The fourth-order valence-electron chi connectivity index (χ4n) is 2.52. The average Bonchev–Trinajstić information content (AvgIpc) is 2.50. The Hall–Kier alpha value is -2.12. The van der Waals surface area contributed by atoms with Crippen molar-refractivity contribution in [2.75, 3.05) is 24.7 Å². The van der Waals surface area contributed by atoms with Crippen molar-refractivity contribution in [3.05, 3.63) is 38.4 Å². The minimum Gasteiger partial charge on any atom is -0.396 e. The van der Waals surface area contributed by atoms with Gasteiger partial charge >= 0.3 is 0 Å². The van der Waals surface area contributed by atoms with Crippen LogP contribution in [0.3, 0.4) is 0 Å². The molecule has 0 unspecified atom stereocenters. The molecule has 4 N–H and O–H groups in total. The summed E-state index contributed by atoms with van der Waals surface area (Å²) in [4.78, 5) is 23.9. The van der Waals surface area contributed by atoms with Gasteiger partial charge in [-0.25, -0.2) is 5.43 Å². The maximum absolute atomic E-state index is 12.0. The van der Waals surface area contributed by atoms with Gasteiger partial charge in [-0.05, 0) is 37.5 Å². The predicted molar refractivity (Wildman–Crippen MR) is 87.3 cm³/mol. The highest BCUT2D eigenvalue weighted by Gasteiger charge is 2.12. The van der Waals surface area contributed by atoms with Crippen molar-refractivity contribution in [2.45, 2.75) is 26.7 Å². The summed E-state index contributed by atoms with van der Waals surface area (Å²) >= 11 is 0. The Kier molecular flexibility index (Phi) is 5.35. The van der Waals surface area contributed by atoms with Crippen LogP contribution < -0.4 is 21.6 Å². The number of aromatic amines is 2. The number of unbranched alkanes of at least 4 members (excludes halogenated alkanes) is 1. The van der Waals surface area contributed by atoms with E-state index < -0.39 is 0 Å². The zero-order valence-corrected chi connectivity index (χ0v) is 12.9. The first-order valence-corrected chi connectivity index (χ1v) is 7.45. The van der Waals surface area contributed by atoms with Gasteiger partial charge in [-0.1, -0.05) is 6.92 Å². The van der Waals surface area contributed by atoms with Gasteiger partial charge in [-0.15, -0.1) is 0 Å². The van der Waals surface area contributed by atoms with E-state index in [4.69, 9.17) is 5.11 Å². The summed E-state index contributed by atoms with van der Waals surface area (Å²) in [5, 5.41) is 16.4. The summed E-state index contributed by atoms with van der Waals surface area (Å²) in [7, 11) is 0. The Morgan fingerprint density at radius 3 is 2.59 bits per heavy atom. The molecule has 0 spiro atoms. The maximum atomic E-state index is 12.0. The molecular formula is C15H22N4O3. The minimum absolute atomic E-state index is 0.158.